The lowest BCUT2D eigenvalue weighted by molar-refractivity contribution is -0.139. The molecule has 0 atom stereocenters. The van der Waals surface area contributed by atoms with Crippen LogP contribution >= 0.6 is 0 Å². The normalized spacial score (nSPS) is 14.2. The van der Waals surface area contributed by atoms with Crippen molar-refractivity contribution in [2.24, 2.45) is 5.92 Å². The molecule has 1 heterocycles. The Kier molecular flexibility index (Phi) is 5.04. The van der Waals surface area contributed by atoms with Crippen LogP contribution in [-0.2, 0) is 24.4 Å². The molecule has 1 aliphatic rings. The zero-order valence-corrected chi connectivity index (χ0v) is 17.6. The number of amides is 1. The lowest BCUT2D eigenvalue weighted by atomic mass is 9.84. The summed E-state index contributed by atoms with van der Waals surface area (Å²) in [6, 6.07) is 25.7. The number of hydrogen-bond acceptors (Lipinski definition) is 1. The molecule has 0 aliphatic heterocycles. The van der Waals surface area contributed by atoms with Crippen LogP contribution in [0.1, 0.15) is 37.3 Å². The topological polar surface area (TPSA) is 25.2 Å². The van der Waals surface area contributed by atoms with Gasteiger partial charge in [-0.05, 0) is 49.1 Å². The van der Waals surface area contributed by atoms with Gasteiger partial charge in [0.1, 0.15) is 0 Å². The fourth-order valence-electron chi connectivity index (χ4n) is 4.69. The first-order valence-corrected chi connectivity index (χ1v) is 11.1. The maximum atomic E-state index is 13.2. The van der Waals surface area contributed by atoms with Crippen LogP contribution in [-0.4, -0.2) is 15.4 Å². The first-order valence-electron chi connectivity index (χ1n) is 11.1. The number of rotatable bonds is 6. The molecule has 4 aromatic rings. The SMILES string of the molecule is CCn1c2ccccc2c2cc(CN(Cc3ccccc3)C(=O)C3CCC3)ccc21. The zero-order chi connectivity index (χ0) is 20.5. The molecule has 30 heavy (non-hydrogen) atoms. The number of para-hydroxylation sites is 1. The molecule has 3 heteroatoms. The first kappa shape index (κ1) is 18.9. The second-order valence-electron chi connectivity index (χ2n) is 8.42. The molecule has 0 bridgehead atoms. The first-order chi connectivity index (χ1) is 14.7. The second-order valence-corrected chi connectivity index (χ2v) is 8.42. The van der Waals surface area contributed by atoms with E-state index in [4.69, 9.17) is 0 Å². The highest BCUT2D eigenvalue weighted by atomic mass is 16.2. The molecule has 0 spiro atoms. The van der Waals surface area contributed by atoms with E-state index in [2.05, 4.69) is 71.0 Å². The predicted molar refractivity (Wildman–Crippen MR) is 123 cm³/mol. The number of aromatic nitrogens is 1. The fourth-order valence-corrected chi connectivity index (χ4v) is 4.69. The third-order valence-corrected chi connectivity index (χ3v) is 6.51. The summed E-state index contributed by atoms with van der Waals surface area (Å²) < 4.78 is 2.37. The van der Waals surface area contributed by atoms with Crippen molar-refractivity contribution in [3.8, 4) is 0 Å². The Bertz CT molecular complexity index is 1190. The standard InChI is InChI=1S/C27H28N2O/c1-2-29-25-14-7-6-13-23(25)24-17-21(15-16-26(24)29)19-28(27(30)22-11-8-12-22)18-20-9-4-3-5-10-20/h3-7,9-10,13-17,22H,2,8,11-12,18-19H2,1H3. The van der Waals surface area contributed by atoms with E-state index in [1.54, 1.807) is 0 Å². The van der Waals surface area contributed by atoms with E-state index < -0.39 is 0 Å². The summed E-state index contributed by atoms with van der Waals surface area (Å²) in [7, 11) is 0. The van der Waals surface area contributed by atoms with Crippen LogP contribution in [0.25, 0.3) is 21.8 Å². The predicted octanol–water partition coefficient (Wildman–Crippen LogP) is 6.14. The third kappa shape index (κ3) is 3.39. The molecule has 0 N–H and O–H groups in total. The van der Waals surface area contributed by atoms with E-state index in [0.717, 1.165) is 19.4 Å². The van der Waals surface area contributed by atoms with Crippen LogP contribution in [0.15, 0.2) is 72.8 Å². The van der Waals surface area contributed by atoms with Crippen molar-refractivity contribution >= 4 is 27.7 Å². The largest absolute Gasteiger partial charge is 0.341 e. The van der Waals surface area contributed by atoms with Gasteiger partial charge in [-0.2, -0.15) is 0 Å². The Morgan fingerprint density at radius 3 is 2.30 bits per heavy atom. The minimum absolute atomic E-state index is 0.208. The number of benzene rings is 3. The van der Waals surface area contributed by atoms with E-state index in [9.17, 15) is 4.79 Å². The Morgan fingerprint density at radius 1 is 0.867 bits per heavy atom. The minimum Gasteiger partial charge on any atom is -0.341 e. The summed E-state index contributed by atoms with van der Waals surface area (Å²) in [4.78, 5) is 15.2. The average Bonchev–Trinajstić information content (AvgIpc) is 3.06. The zero-order valence-electron chi connectivity index (χ0n) is 17.6. The van der Waals surface area contributed by atoms with Crippen LogP contribution in [0.4, 0.5) is 0 Å². The number of aryl methyl sites for hydroxylation is 1. The summed E-state index contributed by atoms with van der Waals surface area (Å²) >= 11 is 0. The van der Waals surface area contributed by atoms with E-state index >= 15 is 0 Å². The van der Waals surface area contributed by atoms with Crippen molar-refractivity contribution in [1.29, 1.82) is 0 Å². The van der Waals surface area contributed by atoms with Gasteiger partial charge in [-0.3, -0.25) is 4.79 Å². The average molecular weight is 397 g/mol. The van der Waals surface area contributed by atoms with Crippen molar-refractivity contribution in [1.82, 2.24) is 9.47 Å². The maximum absolute atomic E-state index is 13.2. The number of hydrogen-bond donors (Lipinski definition) is 0. The Balaban J connectivity index is 1.50. The monoisotopic (exact) mass is 396 g/mol. The van der Waals surface area contributed by atoms with Crippen molar-refractivity contribution in [2.45, 2.75) is 45.8 Å². The van der Waals surface area contributed by atoms with E-state index in [1.807, 2.05) is 18.2 Å². The summed E-state index contributed by atoms with van der Waals surface area (Å²) in [5, 5.41) is 2.57. The van der Waals surface area contributed by atoms with Crippen molar-refractivity contribution in [3.63, 3.8) is 0 Å². The molecule has 3 nitrogen and oxygen atoms in total. The second kappa shape index (κ2) is 7.98. The molecule has 1 amide bonds. The molecule has 1 saturated carbocycles. The minimum atomic E-state index is 0.208. The molecule has 3 aromatic carbocycles. The van der Waals surface area contributed by atoms with Gasteiger partial charge in [0.05, 0.1) is 0 Å². The number of fused-ring (bicyclic) bond motifs is 3. The summed E-state index contributed by atoms with van der Waals surface area (Å²) in [5.74, 6) is 0.514. The lowest BCUT2D eigenvalue weighted by Crippen LogP contribution is -2.38. The van der Waals surface area contributed by atoms with Gasteiger partial charge in [0.2, 0.25) is 5.91 Å². The molecule has 0 unspecified atom stereocenters. The summed E-state index contributed by atoms with van der Waals surface area (Å²) in [5.41, 5.74) is 4.93. The summed E-state index contributed by atoms with van der Waals surface area (Å²) in [6.07, 6.45) is 3.25. The van der Waals surface area contributed by atoms with Crippen LogP contribution in [0.5, 0.6) is 0 Å². The lowest BCUT2D eigenvalue weighted by Gasteiger charge is -2.32. The maximum Gasteiger partial charge on any atom is 0.226 e. The highest BCUT2D eigenvalue weighted by Crippen LogP contribution is 2.32. The molecule has 5 rings (SSSR count). The Morgan fingerprint density at radius 2 is 1.57 bits per heavy atom. The van der Waals surface area contributed by atoms with Gasteiger partial charge in [-0.1, -0.05) is 61.0 Å². The molecule has 1 fully saturated rings. The molecule has 152 valence electrons. The molecule has 0 radical (unpaired) electrons. The number of carbonyl (C=O) groups excluding carboxylic acids is 1. The van der Waals surface area contributed by atoms with Gasteiger partial charge in [0, 0.05) is 47.4 Å². The van der Waals surface area contributed by atoms with E-state index in [0.29, 0.717) is 19.0 Å². The van der Waals surface area contributed by atoms with E-state index in [-0.39, 0.29) is 5.92 Å². The van der Waals surface area contributed by atoms with Crippen molar-refractivity contribution in [2.75, 3.05) is 0 Å². The third-order valence-electron chi connectivity index (χ3n) is 6.51. The van der Waals surface area contributed by atoms with Gasteiger partial charge < -0.3 is 9.47 Å². The van der Waals surface area contributed by atoms with Crippen molar-refractivity contribution in [3.05, 3.63) is 83.9 Å². The van der Waals surface area contributed by atoms with Gasteiger partial charge in [-0.25, -0.2) is 0 Å². The number of nitrogens with zero attached hydrogens (tertiary/aromatic N) is 2. The highest BCUT2D eigenvalue weighted by molar-refractivity contribution is 6.08. The quantitative estimate of drug-likeness (QED) is 0.384. The molecule has 1 aromatic heterocycles. The Labute approximate surface area is 177 Å². The van der Waals surface area contributed by atoms with E-state index in [1.165, 1.54) is 39.4 Å². The van der Waals surface area contributed by atoms with Crippen LogP contribution in [0.2, 0.25) is 0 Å². The van der Waals surface area contributed by atoms with Crippen LogP contribution in [0, 0.1) is 5.92 Å². The summed E-state index contributed by atoms with van der Waals surface area (Å²) in [6.45, 7) is 4.47. The Hall–Kier alpha value is -3.07. The van der Waals surface area contributed by atoms with Crippen LogP contribution in [0.3, 0.4) is 0 Å². The molecular formula is C27H28N2O. The highest BCUT2D eigenvalue weighted by Gasteiger charge is 2.29. The molecular weight excluding hydrogens is 368 g/mol. The molecule has 0 saturated heterocycles. The molecule has 1 aliphatic carbocycles. The fraction of sp³-hybridized carbons (Fsp3) is 0.296. The number of carbonyl (C=O) groups is 1. The van der Waals surface area contributed by atoms with Crippen molar-refractivity contribution < 1.29 is 4.79 Å². The van der Waals surface area contributed by atoms with Gasteiger partial charge in [-0.15, -0.1) is 0 Å². The van der Waals surface area contributed by atoms with Gasteiger partial charge in [0.15, 0.2) is 0 Å². The smallest absolute Gasteiger partial charge is 0.226 e. The van der Waals surface area contributed by atoms with Gasteiger partial charge in [0.25, 0.3) is 0 Å². The van der Waals surface area contributed by atoms with Gasteiger partial charge >= 0.3 is 0 Å². The van der Waals surface area contributed by atoms with Crippen LogP contribution < -0.4 is 0 Å².